The fourth-order valence-corrected chi connectivity index (χ4v) is 3.77. The highest BCUT2D eigenvalue weighted by Crippen LogP contribution is 2.31. The fraction of sp³-hybridized carbons (Fsp3) is 0.250. The van der Waals surface area contributed by atoms with Gasteiger partial charge in [0.25, 0.3) is 5.91 Å². The zero-order valence-corrected chi connectivity index (χ0v) is 14.5. The van der Waals surface area contributed by atoms with Gasteiger partial charge in [0.1, 0.15) is 22.2 Å². The topological polar surface area (TPSA) is 109 Å². The van der Waals surface area contributed by atoms with E-state index in [1.807, 2.05) is 0 Å². The lowest BCUT2D eigenvalue weighted by Gasteiger charge is -2.24. The molecule has 0 saturated carbocycles. The lowest BCUT2D eigenvalue weighted by molar-refractivity contribution is 0.0772. The van der Waals surface area contributed by atoms with Crippen LogP contribution in [0, 0.1) is 23.0 Å². The number of nitrogens with zero attached hydrogens (tertiary/aromatic N) is 3. The van der Waals surface area contributed by atoms with Crippen molar-refractivity contribution >= 4 is 15.9 Å². The van der Waals surface area contributed by atoms with E-state index in [4.69, 9.17) is 10.4 Å². The van der Waals surface area contributed by atoms with Crippen LogP contribution in [0.25, 0.3) is 5.69 Å². The summed E-state index contributed by atoms with van der Waals surface area (Å²) >= 11 is 0. The summed E-state index contributed by atoms with van der Waals surface area (Å²) in [5.41, 5.74) is -0.366. The maximum absolute atomic E-state index is 14.5. The Kier molecular flexibility index (Phi) is 4.29. The smallest absolute Gasteiger partial charge is 0.270 e. The Morgan fingerprint density at radius 2 is 2.00 bits per heavy atom. The molecule has 3 rings (SSSR count). The SMILES string of the molecule is CN1CCc2c(S(N)(=O)=O)cn(-c3cc(F)c(CC#N)cc3F)c2C1=O. The predicted molar refractivity (Wildman–Crippen MR) is 87.0 cm³/mol. The lowest BCUT2D eigenvalue weighted by atomic mass is 10.1. The van der Waals surface area contributed by atoms with Gasteiger partial charge in [-0.1, -0.05) is 0 Å². The Bertz CT molecular complexity index is 1070. The molecule has 136 valence electrons. The van der Waals surface area contributed by atoms with E-state index < -0.39 is 27.6 Å². The monoisotopic (exact) mass is 380 g/mol. The number of sulfonamides is 1. The molecule has 2 N–H and O–H groups in total. The van der Waals surface area contributed by atoms with Gasteiger partial charge < -0.3 is 9.47 Å². The molecule has 0 saturated heterocycles. The van der Waals surface area contributed by atoms with Gasteiger partial charge in [-0.3, -0.25) is 4.79 Å². The van der Waals surface area contributed by atoms with E-state index >= 15 is 0 Å². The third-order valence-corrected chi connectivity index (χ3v) is 5.23. The van der Waals surface area contributed by atoms with Crippen LogP contribution in [0.2, 0.25) is 0 Å². The summed E-state index contributed by atoms with van der Waals surface area (Å²) in [4.78, 5) is 13.6. The van der Waals surface area contributed by atoms with Gasteiger partial charge >= 0.3 is 0 Å². The number of fused-ring (bicyclic) bond motifs is 1. The number of hydrogen-bond donors (Lipinski definition) is 1. The van der Waals surface area contributed by atoms with Gasteiger partial charge in [0, 0.05) is 37.0 Å². The maximum atomic E-state index is 14.5. The molecule has 1 aliphatic heterocycles. The molecule has 26 heavy (non-hydrogen) atoms. The Labute approximate surface area is 148 Å². The molecule has 0 spiro atoms. The molecule has 0 bridgehead atoms. The molecule has 1 aromatic carbocycles. The molecule has 1 aliphatic rings. The summed E-state index contributed by atoms with van der Waals surface area (Å²) in [6.07, 6.45) is 0.919. The van der Waals surface area contributed by atoms with Gasteiger partial charge in [0.15, 0.2) is 0 Å². The van der Waals surface area contributed by atoms with E-state index in [1.165, 1.54) is 11.9 Å². The zero-order valence-electron chi connectivity index (χ0n) is 13.7. The van der Waals surface area contributed by atoms with Gasteiger partial charge in [-0.05, 0) is 12.5 Å². The minimum atomic E-state index is -4.16. The van der Waals surface area contributed by atoms with E-state index in [2.05, 4.69) is 0 Å². The highest BCUT2D eigenvalue weighted by atomic mass is 32.2. The number of hydrogen-bond acceptors (Lipinski definition) is 4. The third kappa shape index (κ3) is 2.85. The number of primary sulfonamides is 1. The Morgan fingerprint density at radius 1 is 1.31 bits per heavy atom. The van der Waals surface area contributed by atoms with Crippen LogP contribution < -0.4 is 5.14 Å². The molecule has 0 aliphatic carbocycles. The van der Waals surface area contributed by atoms with Crippen molar-refractivity contribution in [1.29, 1.82) is 5.26 Å². The molecule has 1 amide bonds. The summed E-state index contributed by atoms with van der Waals surface area (Å²) in [5, 5.41) is 13.9. The molecule has 0 atom stereocenters. The lowest BCUT2D eigenvalue weighted by Crippen LogP contribution is -2.35. The molecular formula is C16H14F2N4O3S. The van der Waals surface area contributed by atoms with Gasteiger partial charge in [0.05, 0.1) is 18.2 Å². The number of aromatic nitrogens is 1. The summed E-state index contributed by atoms with van der Waals surface area (Å²) < 4.78 is 53.4. The Hall–Kier alpha value is -2.77. The summed E-state index contributed by atoms with van der Waals surface area (Å²) in [5.74, 6) is -2.25. The third-order valence-electron chi connectivity index (χ3n) is 4.27. The van der Waals surface area contributed by atoms with Crippen molar-refractivity contribution in [3.8, 4) is 11.8 Å². The van der Waals surface area contributed by atoms with Crippen LogP contribution in [0.3, 0.4) is 0 Å². The maximum Gasteiger partial charge on any atom is 0.270 e. The van der Waals surface area contributed by atoms with Crippen molar-refractivity contribution in [3.05, 3.63) is 46.8 Å². The average molecular weight is 380 g/mol. The second-order valence-corrected chi connectivity index (χ2v) is 7.47. The number of likely N-dealkylation sites (N-methyl/N-ethyl adjacent to an activating group) is 1. The molecule has 7 nitrogen and oxygen atoms in total. The van der Waals surface area contributed by atoms with Gasteiger partial charge in [-0.2, -0.15) is 5.26 Å². The number of amides is 1. The summed E-state index contributed by atoms with van der Waals surface area (Å²) in [7, 11) is -2.64. The minimum absolute atomic E-state index is 0.0749. The number of carbonyl (C=O) groups excluding carboxylic acids is 1. The standard InChI is InChI=1S/C16H14F2N4O3S/c1-21-5-3-10-14(26(20,24)25)8-22(15(10)16(21)23)13-7-11(17)9(2-4-19)6-12(13)18/h6-8H,2-3,5H2,1H3,(H2,20,24,25). The molecule has 1 aromatic heterocycles. The van der Waals surface area contributed by atoms with E-state index in [0.717, 1.165) is 22.9 Å². The fourth-order valence-electron chi connectivity index (χ4n) is 2.98. The van der Waals surface area contributed by atoms with Gasteiger partial charge in [0.2, 0.25) is 10.0 Å². The normalized spacial score (nSPS) is 14.3. The average Bonchev–Trinajstić information content (AvgIpc) is 2.94. The molecule has 0 radical (unpaired) electrons. The highest BCUT2D eigenvalue weighted by Gasteiger charge is 2.33. The zero-order chi connectivity index (χ0) is 19.2. The van der Waals surface area contributed by atoms with Crippen molar-refractivity contribution in [2.45, 2.75) is 17.7 Å². The van der Waals surface area contributed by atoms with Crippen LogP contribution in [0.1, 0.15) is 21.6 Å². The van der Waals surface area contributed by atoms with Crippen molar-refractivity contribution in [2.75, 3.05) is 13.6 Å². The number of nitriles is 1. The van der Waals surface area contributed by atoms with Crippen molar-refractivity contribution in [2.24, 2.45) is 5.14 Å². The van der Waals surface area contributed by atoms with E-state index in [1.54, 1.807) is 6.07 Å². The van der Waals surface area contributed by atoms with E-state index in [9.17, 15) is 22.0 Å². The molecule has 10 heteroatoms. The number of halogens is 2. The molecule has 0 unspecified atom stereocenters. The van der Waals surface area contributed by atoms with E-state index in [0.29, 0.717) is 0 Å². The van der Waals surface area contributed by atoms with E-state index in [-0.39, 0.29) is 46.8 Å². The summed E-state index contributed by atoms with van der Waals surface area (Å²) in [6, 6.07) is 3.41. The van der Waals surface area contributed by atoms with Crippen LogP contribution in [0.4, 0.5) is 8.78 Å². The number of carbonyl (C=O) groups is 1. The molecule has 0 fully saturated rings. The number of nitrogens with two attached hydrogens (primary N) is 1. The summed E-state index contributed by atoms with van der Waals surface area (Å²) in [6.45, 7) is 0.274. The van der Waals surface area contributed by atoms with Crippen LogP contribution in [0.15, 0.2) is 23.2 Å². The first-order valence-corrected chi connectivity index (χ1v) is 9.07. The Morgan fingerprint density at radius 3 is 2.62 bits per heavy atom. The van der Waals surface area contributed by atoms with Crippen molar-refractivity contribution in [3.63, 3.8) is 0 Å². The molecule has 2 aromatic rings. The Balaban J connectivity index is 2.30. The first-order chi connectivity index (χ1) is 12.1. The first-order valence-electron chi connectivity index (χ1n) is 7.53. The largest absolute Gasteiger partial charge is 0.340 e. The minimum Gasteiger partial charge on any atom is -0.340 e. The number of rotatable bonds is 3. The van der Waals surface area contributed by atoms with Crippen molar-refractivity contribution in [1.82, 2.24) is 9.47 Å². The second-order valence-electron chi connectivity index (χ2n) is 5.94. The second kappa shape index (κ2) is 6.19. The quantitative estimate of drug-likeness (QED) is 0.860. The predicted octanol–water partition coefficient (Wildman–Crippen LogP) is 1.10. The van der Waals surface area contributed by atoms with Crippen molar-refractivity contribution < 1.29 is 22.0 Å². The van der Waals surface area contributed by atoms with Crippen LogP contribution in [-0.2, 0) is 22.9 Å². The number of benzene rings is 1. The van der Waals surface area contributed by atoms with Gasteiger partial charge in [-0.25, -0.2) is 22.3 Å². The van der Waals surface area contributed by atoms with Crippen LogP contribution in [-0.4, -0.2) is 37.4 Å². The van der Waals surface area contributed by atoms with Gasteiger partial charge in [-0.15, -0.1) is 0 Å². The molecule has 2 heterocycles. The van der Waals surface area contributed by atoms with Crippen LogP contribution in [0.5, 0.6) is 0 Å². The van der Waals surface area contributed by atoms with Crippen LogP contribution >= 0.6 is 0 Å². The highest BCUT2D eigenvalue weighted by molar-refractivity contribution is 7.89. The molecular weight excluding hydrogens is 366 g/mol. The first kappa shape index (κ1) is 18.0.